The van der Waals surface area contributed by atoms with Gasteiger partial charge in [-0.25, -0.2) is 9.97 Å². The van der Waals surface area contributed by atoms with Crippen LogP contribution in [0.15, 0.2) is 54.4 Å². The Morgan fingerprint density at radius 3 is 2.62 bits per heavy atom. The molecule has 2 aliphatic heterocycles. The molecule has 1 atom stereocenters. The number of hydroxylamine groups is 1. The SMILES string of the molecule is COc1cc2c(cc1C1=C(C)ONC1C)[nH]c1nc(CN3CCN(C)CC3)nc(-c3ccnc4ccccc34)c12. The summed E-state index contributed by atoms with van der Waals surface area (Å²) in [5.74, 6) is 2.45. The van der Waals surface area contributed by atoms with Gasteiger partial charge in [0.2, 0.25) is 0 Å². The van der Waals surface area contributed by atoms with Gasteiger partial charge in [-0.3, -0.25) is 9.88 Å². The quantitative estimate of drug-likeness (QED) is 0.334. The topological polar surface area (TPSA) is 91.4 Å². The summed E-state index contributed by atoms with van der Waals surface area (Å²) in [6.07, 6.45) is 1.86. The zero-order valence-electron chi connectivity index (χ0n) is 23.3. The number of aromatic nitrogens is 4. The Bertz CT molecular complexity index is 1780. The number of para-hydroxylation sites is 1. The van der Waals surface area contributed by atoms with Crippen molar-refractivity contribution in [2.45, 2.75) is 26.4 Å². The maximum atomic E-state index is 5.94. The minimum Gasteiger partial charge on any atom is -0.496 e. The predicted octanol–water partition coefficient (Wildman–Crippen LogP) is 4.74. The average Bonchev–Trinajstić information content (AvgIpc) is 3.50. The molecule has 5 heterocycles. The molecule has 1 fully saturated rings. The van der Waals surface area contributed by atoms with Gasteiger partial charge in [0, 0.05) is 65.4 Å². The first-order valence-corrected chi connectivity index (χ1v) is 13.8. The summed E-state index contributed by atoms with van der Waals surface area (Å²) < 4.78 is 5.94. The average molecular weight is 536 g/mol. The summed E-state index contributed by atoms with van der Waals surface area (Å²) in [6.45, 7) is 8.86. The van der Waals surface area contributed by atoms with Crippen LogP contribution in [-0.2, 0) is 11.4 Å². The molecule has 0 spiro atoms. The van der Waals surface area contributed by atoms with Gasteiger partial charge in [0.25, 0.3) is 0 Å². The summed E-state index contributed by atoms with van der Waals surface area (Å²) in [5.41, 5.74) is 9.84. The van der Waals surface area contributed by atoms with Crippen LogP contribution in [0.1, 0.15) is 25.2 Å². The van der Waals surface area contributed by atoms with Crippen molar-refractivity contribution in [3.05, 3.63) is 65.8 Å². The van der Waals surface area contributed by atoms with Gasteiger partial charge in [-0.1, -0.05) is 18.2 Å². The maximum Gasteiger partial charge on any atom is 0.145 e. The first kappa shape index (κ1) is 25.0. The van der Waals surface area contributed by atoms with Crippen LogP contribution in [0.2, 0.25) is 0 Å². The van der Waals surface area contributed by atoms with Crippen molar-refractivity contribution in [1.29, 1.82) is 0 Å². The largest absolute Gasteiger partial charge is 0.496 e. The van der Waals surface area contributed by atoms with Gasteiger partial charge in [-0.15, -0.1) is 5.48 Å². The van der Waals surface area contributed by atoms with E-state index in [0.717, 1.165) is 98.7 Å². The smallest absolute Gasteiger partial charge is 0.145 e. The van der Waals surface area contributed by atoms with E-state index in [-0.39, 0.29) is 6.04 Å². The van der Waals surface area contributed by atoms with Crippen molar-refractivity contribution in [2.75, 3.05) is 40.3 Å². The molecule has 204 valence electrons. The minimum absolute atomic E-state index is 0.0458. The van der Waals surface area contributed by atoms with Gasteiger partial charge in [-0.05, 0) is 45.2 Å². The first-order chi connectivity index (χ1) is 19.5. The first-order valence-electron chi connectivity index (χ1n) is 13.8. The minimum atomic E-state index is 0.0458. The molecule has 0 aliphatic carbocycles. The van der Waals surface area contributed by atoms with E-state index in [4.69, 9.17) is 19.5 Å². The Labute approximate surface area is 232 Å². The van der Waals surface area contributed by atoms with Crippen molar-refractivity contribution < 1.29 is 9.57 Å². The van der Waals surface area contributed by atoms with Crippen LogP contribution >= 0.6 is 0 Å². The molecular weight excluding hydrogens is 502 g/mol. The van der Waals surface area contributed by atoms with E-state index in [1.165, 1.54) is 0 Å². The molecule has 0 amide bonds. The molecule has 2 aliphatic rings. The number of methoxy groups -OCH3 is 1. The zero-order valence-corrected chi connectivity index (χ0v) is 23.3. The van der Waals surface area contributed by atoms with E-state index < -0.39 is 0 Å². The summed E-state index contributed by atoms with van der Waals surface area (Å²) >= 11 is 0. The van der Waals surface area contributed by atoms with Crippen LogP contribution in [0.5, 0.6) is 5.75 Å². The fourth-order valence-corrected chi connectivity index (χ4v) is 6.04. The zero-order chi connectivity index (χ0) is 27.4. The number of piperazine rings is 1. The number of rotatable bonds is 5. The number of pyridine rings is 1. The van der Waals surface area contributed by atoms with E-state index in [2.05, 4.69) is 69.6 Å². The standard InChI is InChI=1S/C31H33N7O2/c1-18-28(19(2)40-36-18)23-15-25-22(16-26(23)39-4)29-30(21-9-10-32-24-8-6-5-7-20(21)24)34-27(35-31(29)33-25)17-38-13-11-37(3)12-14-38/h5-10,15-16,18,36H,11-14,17H2,1-4H3,(H,33,34,35). The normalized spacial score (nSPS) is 18.8. The van der Waals surface area contributed by atoms with E-state index >= 15 is 0 Å². The van der Waals surface area contributed by atoms with E-state index in [9.17, 15) is 0 Å². The second-order valence-electron chi connectivity index (χ2n) is 10.8. The number of aromatic amines is 1. The molecule has 1 unspecified atom stereocenters. The number of nitrogens with zero attached hydrogens (tertiary/aromatic N) is 5. The molecular formula is C31H33N7O2. The molecule has 40 heavy (non-hydrogen) atoms. The van der Waals surface area contributed by atoms with Crippen LogP contribution in [0.4, 0.5) is 0 Å². The molecule has 0 radical (unpaired) electrons. The number of fused-ring (bicyclic) bond motifs is 4. The number of nitrogens with one attached hydrogen (secondary N) is 2. The third-order valence-electron chi connectivity index (χ3n) is 8.17. The van der Waals surface area contributed by atoms with Crippen molar-refractivity contribution in [2.24, 2.45) is 0 Å². The Balaban J connectivity index is 1.47. The van der Waals surface area contributed by atoms with Gasteiger partial charge in [0.05, 0.1) is 36.3 Å². The second kappa shape index (κ2) is 9.85. The van der Waals surface area contributed by atoms with Crippen LogP contribution in [0, 0.1) is 0 Å². The lowest BCUT2D eigenvalue weighted by atomic mass is 9.96. The highest BCUT2D eigenvalue weighted by molar-refractivity contribution is 6.15. The fourth-order valence-electron chi connectivity index (χ4n) is 6.04. The number of benzene rings is 2. The van der Waals surface area contributed by atoms with Crippen LogP contribution in [0.25, 0.3) is 49.7 Å². The van der Waals surface area contributed by atoms with Gasteiger partial charge in [0.1, 0.15) is 23.0 Å². The predicted molar refractivity (Wildman–Crippen MR) is 158 cm³/mol. The lowest BCUT2D eigenvalue weighted by Crippen LogP contribution is -2.44. The molecule has 5 aromatic rings. The number of likely N-dealkylation sites (N-methyl/N-ethyl adjacent to an activating group) is 1. The molecule has 9 heteroatoms. The Kier molecular flexibility index (Phi) is 6.14. The van der Waals surface area contributed by atoms with E-state index in [1.54, 1.807) is 7.11 Å². The maximum absolute atomic E-state index is 5.94. The molecule has 3 aromatic heterocycles. The summed E-state index contributed by atoms with van der Waals surface area (Å²) in [6, 6.07) is 14.6. The van der Waals surface area contributed by atoms with Crippen LogP contribution in [-0.4, -0.2) is 76.1 Å². The summed E-state index contributed by atoms with van der Waals surface area (Å²) in [5, 5.41) is 3.07. The van der Waals surface area contributed by atoms with Gasteiger partial charge in [-0.2, -0.15) is 0 Å². The van der Waals surface area contributed by atoms with Crippen molar-refractivity contribution in [3.63, 3.8) is 0 Å². The number of allylic oxidation sites excluding steroid dienone is 1. The molecule has 0 bridgehead atoms. The number of H-pyrrole nitrogens is 1. The number of hydrogen-bond donors (Lipinski definition) is 2. The van der Waals surface area contributed by atoms with Crippen molar-refractivity contribution >= 4 is 38.4 Å². The summed E-state index contributed by atoms with van der Waals surface area (Å²) in [7, 11) is 3.89. The highest BCUT2D eigenvalue weighted by Gasteiger charge is 2.27. The lowest BCUT2D eigenvalue weighted by molar-refractivity contribution is 0.122. The van der Waals surface area contributed by atoms with Crippen molar-refractivity contribution in [1.82, 2.24) is 35.2 Å². The summed E-state index contributed by atoms with van der Waals surface area (Å²) in [4.78, 5) is 29.0. The molecule has 7 rings (SSSR count). The molecule has 2 N–H and O–H groups in total. The molecule has 0 saturated carbocycles. The third kappa shape index (κ3) is 4.18. The molecule has 1 saturated heterocycles. The Morgan fingerprint density at radius 1 is 1.02 bits per heavy atom. The number of hydrogen-bond acceptors (Lipinski definition) is 8. The lowest BCUT2D eigenvalue weighted by Gasteiger charge is -2.31. The van der Waals surface area contributed by atoms with Gasteiger partial charge in [0.15, 0.2) is 0 Å². The molecule has 9 nitrogen and oxygen atoms in total. The Morgan fingerprint density at radius 2 is 1.85 bits per heavy atom. The van der Waals surface area contributed by atoms with Crippen molar-refractivity contribution in [3.8, 4) is 17.0 Å². The molecule has 2 aromatic carbocycles. The van der Waals surface area contributed by atoms with E-state index in [1.807, 2.05) is 25.3 Å². The highest BCUT2D eigenvalue weighted by Crippen LogP contribution is 2.41. The monoisotopic (exact) mass is 535 g/mol. The van der Waals surface area contributed by atoms with Gasteiger partial charge >= 0.3 is 0 Å². The number of ether oxygens (including phenoxy) is 1. The fraction of sp³-hybridized carbons (Fsp3) is 0.323. The Hall–Kier alpha value is -4.05. The highest BCUT2D eigenvalue weighted by atomic mass is 16.7. The van der Waals surface area contributed by atoms with E-state index in [0.29, 0.717) is 6.54 Å². The third-order valence-corrected chi connectivity index (χ3v) is 8.17. The van der Waals surface area contributed by atoms with Crippen LogP contribution in [0.3, 0.4) is 0 Å². The van der Waals surface area contributed by atoms with Crippen LogP contribution < -0.4 is 10.2 Å². The second-order valence-corrected chi connectivity index (χ2v) is 10.8. The van der Waals surface area contributed by atoms with Gasteiger partial charge < -0.3 is 19.5 Å².